The SMILES string of the molecule is COc1ccc(Nc2nc(-c3ccc(F)cc3)nc3c(C)nn(C)c23)cc1F.Cl. The maximum Gasteiger partial charge on any atom is 0.167 e. The van der Waals surface area contributed by atoms with Gasteiger partial charge in [0.25, 0.3) is 0 Å². The van der Waals surface area contributed by atoms with Gasteiger partial charge in [-0.15, -0.1) is 12.4 Å². The fourth-order valence-corrected chi connectivity index (χ4v) is 3.03. The van der Waals surface area contributed by atoms with Gasteiger partial charge in [-0.2, -0.15) is 5.10 Å². The van der Waals surface area contributed by atoms with Crippen molar-refractivity contribution in [2.75, 3.05) is 12.4 Å². The quantitative estimate of drug-likeness (QED) is 0.517. The summed E-state index contributed by atoms with van der Waals surface area (Å²) in [6, 6.07) is 10.5. The average molecular weight is 418 g/mol. The molecule has 2 aromatic carbocycles. The number of hydrogen-bond acceptors (Lipinski definition) is 5. The highest BCUT2D eigenvalue weighted by Gasteiger charge is 2.17. The number of benzene rings is 2. The van der Waals surface area contributed by atoms with E-state index >= 15 is 0 Å². The van der Waals surface area contributed by atoms with Crippen LogP contribution in [0.25, 0.3) is 22.4 Å². The number of methoxy groups -OCH3 is 1. The van der Waals surface area contributed by atoms with Gasteiger partial charge in [0.15, 0.2) is 23.2 Å². The van der Waals surface area contributed by atoms with Gasteiger partial charge < -0.3 is 10.1 Å². The third-order valence-electron chi connectivity index (χ3n) is 4.37. The first-order valence-electron chi connectivity index (χ1n) is 8.54. The molecule has 4 aromatic rings. The second kappa shape index (κ2) is 8.00. The van der Waals surface area contributed by atoms with Crippen LogP contribution in [-0.2, 0) is 7.05 Å². The Kier molecular flexibility index (Phi) is 5.65. The summed E-state index contributed by atoms with van der Waals surface area (Å²) in [5, 5.41) is 7.54. The molecule has 1 N–H and O–H groups in total. The van der Waals surface area contributed by atoms with Crippen molar-refractivity contribution in [2.24, 2.45) is 7.05 Å². The van der Waals surface area contributed by atoms with Crippen LogP contribution >= 0.6 is 12.4 Å². The zero-order chi connectivity index (χ0) is 19.8. The zero-order valence-electron chi connectivity index (χ0n) is 15.9. The molecule has 29 heavy (non-hydrogen) atoms. The van der Waals surface area contributed by atoms with Crippen molar-refractivity contribution >= 4 is 34.9 Å². The fourth-order valence-electron chi connectivity index (χ4n) is 3.03. The van der Waals surface area contributed by atoms with Crippen LogP contribution in [0.4, 0.5) is 20.3 Å². The van der Waals surface area contributed by atoms with Gasteiger partial charge in [0.2, 0.25) is 0 Å². The lowest BCUT2D eigenvalue weighted by molar-refractivity contribution is 0.386. The molecule has 0 saturated carbocycles. The molecule has 0 bridgehead atoms. The number of hydrogen-bond donors (Lipinski definition) is 1. The Labute approximate surface area is 172 Å². The van der Waals surface area contributed by atoms with E-state index in [9.17, 15) is 8.78 Å². The van der Waals surface area contributed by atoms with Crippen molar-refractivity contribution in [1.29, 1.82) is 0 Å². The molecule has 0 aliphatic rings. The van der Waals surface area contributed by atoms with Gasteiger partial charge in [-0.3, -0.25) is 4.68 Å². The van der Waals surface area contributed by atoms with Crippen LogP contribution in [0.5, 0.6) is 5.75 Å². The molecule has 9 heteroatoms. The van der Waals surface area contributed by atoms with Gasteiger partial charge in [0, 0.05) is 24.4 Å². The summed E-state index contributed by atoms with van der Waals surface area (Å²) in [5.74, 6) is 0.214. The van der Waals surface area contributed by atoms with Crippen LogP contribution in [0.15, 0.2) is 42.5 Å². The van der Waals surface area contributed by atoms with E-state index < -0.39 is 5.82 Å². The Morgan fingerprint density at radius 3 is 2.41 bits per heavy atom. The summed E-state index contributed by atoms with van der Waals surface area (Å²) in [7, 11) is 3.20. The Balaban J connectivity index is 0.00000240. The first-order chi connectivity index (χ1) is 13.5. The number of aromatic nitrogens is 4. The number of nitrogens with one attached hydrogen (secondary N) is 1. The minimum absolute atomic E-state index is 0. The summed E-state index contributed by atoms with van der Waals surface area (Å²) >= 11 is 0. The highest BCUT2D eigenvalue weighted by atomic mass is 35.5. The lowest BCUT2D eigenvalue weighted by Crippen LogP contribution is -2.02. The second-order valence-electron chi connectivity index (χ2n) is 6.28. The van der Waals surface area contributed by atoms with E-state index in [1.54, 1.807) is 29.9 Å². The maximum atomic E-state index is 14.1. The smallest absolute Gasteiger partial charge is 0.167 e. The molecule has 2 aromatic heterocycles. The number of halogens is 3. The Bertz CT molecular complexity index is 1180. The summed E-state index contributed by atoms with van der Waals surface area (Å²) in [5.41, 5.74) is 3.23. The lowest BCUT2D eigenvalue weighted by Gasteiger charge is -2.11. The van der Waals surface area contributed by atoms with Crippen molar-refractivity contribution < 1.29 is 13.5 Å². The van der Waals surface area contributed by atoms with E-state index in [2.05, 4.69) is 20.4 Å². The van der Waals surface area contributed by atoms with Gasteiger partial charge >= 0.3 is 0 Å². The van der Waals surface area contributed by atoms with Crippen LogP contribution in [0.2, 0.25) is 0 Å². The first kappa shape index (κ1) is 20.5. The first-order valence-corrected chi connectivity index (χ1v) is 8.54. The van der Waals surface area contributed by atoms with Crippen LogP contribution in [0, 0.1) is 18.6 Å². The number of rotatable bonds is 4. The maximum absolute atomic E-state index is 14.1. The van der Waals surface area contributed by atoms with Gasteiger partial charge in [-0.25, -0.2) is 18.7 Å². The summed E-state index contributed by atoms with van der Waals surface area (Å²) < 4.78 is 34.0. The topological polar surface area (TPSA) is 64.9 Å². The zero-order valence-corrected chi connectivity index (χ0v) is 16.7. The van der Waals surface area contributed by atoms with Gasteiger partial charge in [0.05, 0.1) is 12.8 Å². The molecule has 150 valence electrons. The van der Waals surface area contributed by atoms with Crippen molar-refractivity contribution in [3.63, 3.8) is 0 Å². The second-order valence-corrected chi connectivity index (χ2v) is 6.28. The number of fused-ring (bicyclic) bond motifs is 1. The molecule has 4 rings (SSSR count). The van der Waals surface area contributed by atoms with Gasteiger partial charge in [-0.05, 0) is 43.3 Å². The molecule has 6 nitrogen and oxygen atoms in total. The fraction of sp³-hybridized carbons (Fsp3) is 0.150. The van der Waals surface area contributed by atoms with Crippen LogP contribution in [0.1, 0.15) is 5.69 Å². The predicted octanol–water partition coefficient (Wildman–Crippen LogP) is 4.79. The van der Waals surface area contributed by atoms with E-state index in [0.717, 1.165) is 5.69 Å². The van der Waals surface area contributed by atoms with E-state index in [1.807, 2.05) is 6.92 Å². The third kappa shape index (κ3) is 3.84. The largest absolute Gasteiger partial charge is 0.494 e. The Morgan fingerprint density at radius 2 is 1.76 bits per heavy atom. The van der Waals surface area contributed by atoms with Crippen LogP contribution in [0.3, 0.4) is 0 Å². The van der Waals surface area contributed by atoms with E-state index in [4.69, 9.17) is 4.74 Å². The number of anilines is 2. The van der Waals surface area contributed by atoms with E-state index in [0.29, 0.717) is 33.9 Å². The number of aryl methyl sites for hydroxylation is 2. The molecule has 0 atom stereocenters. The summed E-state index contributed by atoms with van der Waals surface area (Å²) in [6.45, 7) is 1.85. The van der Waals surface area contributed by atoms with E-state index in [-0.39, 0.29) is 24.0 Å². The molecule has 0 unspecified atom stereocenters. The lowest BCUT2D eigenvalue weighted by atomic mass is 10.2. The van der Waals surface area contributed by atoms with Crippen LogP contribution in [-0.4, -0.2) is 26.9 Å². The molecule has 0 amide bonds. The molecule has 0 saturated heterocycles. The normalized spacial score (nSPS) is 10.7. The highest BCUT2D eigenvalue weighted by Crippen LogP contribution is 2.30. The minimum Gasteiger partial charge on any atom is -0.494 e. The van der Waals surface area contributed by atoms with Crippen molar-refractivity contribution in [2.45, 2.75) is 6.92 Å². The van der Waals surface area contributed by atoms with E-state index in [1.165, 1.54) is 31.4 Å². The molecule has 0 radical (unpaired) electrons. The molecule has 0 spiro atoms. The molecule has 0 aliphatic carbocycles. The highest BCUT2D eigenvalue weighted by molar-refractivity contribution is 5.91. The molecular formula is C20H18ClF2N5O. The number of nitrogens with zero attached hydrogens (tertiary/aromatic N) is 4. The van der Waals surface area contributed by atoms with Crippen molar-refractivity contribution in [3.8, 4) is 17.1 Å². The standard InChI is InChI=1S/C20H17F2N5O.ClH/c1-11-17-18(27(2)26-11)20(23-14-8-9-16(28-3)15(22)10-14)25-19(24-17)12-4-6-13(21)7-5-12;/h4-10H,1-3H3,(H,23,24,25);1H. The molecule has 2 heterocycles. The van der Waals surface area contributed by atoms with Gasteiger partial charge in [0.1, 0.15) is 16.9 Å². The summed E-state index contributed by atoms with van der Waals surface area (Å²) in [4.78, 5) is 9.18. The van der Waals surface area contributed by atoms with Crippen molar-refractivity contribution in [1.82, 2.24) is 19.7 Å². The minimum atomic E-state index is -0.488. The predicted molar refractivity (Wildman–Crippen MR) is 110 cm³/mol. The van der Waals surface area contributed by atoms with Crippen LogP contribution < -0.4 is 10.1 Å². The van der Waals surface area contributed by atoms with Gasteiger partial charge in [-0.1, -0.05) is 0 Å². The third-order valence-corrected chi connectivity index (χ3v) is 4.37. The Morgan fingerprint density at radius 1 is 1.03 bits per heavy atom. The monoisotopic (exact) mass is 417 g/mol. The summed E-state index contributed by atoms with van der Waals surface area (Å²) in [6.07, 6.45) is 0. The number of ether oxygens (including phenoxy) is 1. The van der Waals surface area contributed by atoms with Crippen molar-refractivity contribution in [3.05, 3.63) is 59.8 Å². The molecule has 0 fully saturated rings. The molecular weight excluding hydrogens is 400 g/mol. The Hall–Kier alpha value is -3.26. The molecule has 0 aliphatic heterocycles. The average Bonchev–Trinajstić information content (AvgIpc) is 2.96.